The van der Waals surface area contributed by atoms with Gasteiger partial charge in [0.15, 0.2) is 0 Å². The first-order chi connectivity index (χ1) is 9.33. The molecule has 3 atom stereocenters. The van der Waals surface area contributed by atoms with Gasteiger partial charge in [0.25, 0.3) is 0 Å². The van der Waals surface area contributed by atoms with Crippen molar-refractivity contribution in [2.75, 3.05) is 26.2 Å². The number of ether oxygens (including phenoxy) is 1. The average molecular weight is 268 g/mol. The van der Waals surface area contributed by atoms with Crippen LogP contribution in [0.1, 0.15) is 58.8 Å². The molecule has 2 saturated heterocycles. The van der Waals surface area contributed by atoms with Crippen LogP contribution in [0.2, 0.25) is 0 Å². The van der Waals surface area contributed by atoms with Crippen LogP contribution < -0.4 is 5.32 Å². The third-order valence-corrected chi connectivity index (χ3v) is 4.69. The summed E-state index contributed by atoms with van der Waals surface area (Å²) >= 11 is 0. The number of hydrogen-bond donors (Lipinski definition) is 1. The van der Waals surface area contributed by atoms with Gasteiger partial charge in [-0.05, 0) is 51.6 Å². The number of nitrogens with one attached hydrogen (secondary N) is 1. The lowest BCUT2D eigenvalue weighted by Gasteiger charge is -2.40. The van der Waals surface area contributed by atoms with Gasteiger partial charge < -0.3 is 10.1 Å². The van der Waals surface area contributed by atoms with Gasteiger partial charge in [0.2, 0.25) is 0 Å². The Bertz CT molecular complexity index is 241. The van der Waals surface area contributed by atoms with E-state index in [9.17, 15) is 0 Å². The van der Waals surface area contributed by atoms with E-state index < -0.39 is 0 Å². The van der Waals surface area contributed by atoms with Crippen LogP contribution >= 0.6 is 0 Å². The monoisotopic (exact) mass is 268 g/mol. The summed E-state index contributed by atoms with van der Waals surface area (Å²) in [7, 11) is 0. The van der Waals surface area contributed by atoms with E-state index in [2.05, 4.69) is 24.1 Å². The molecule has 0 aromatic heterocycles. The molecule has 0 spiro atoms. The third kappa shape index (κ3) is 4.73. The van der Waals surface area contributed by atoms with E-state index in [0.717, 1.165) is 25.1 Å². The number of piperidine rings is 1. The molecule has 112 valence electrons. The highest BCUT2D eigenvalue weighted by molar-refractivity contribution is 4.83. The average Bonchev–Trinajstić information content (AvgIpc) is 2.48. The first-order valence-electron chi connectivity index (χ1n) is 8.42. The quantitative estimate of drug-likeness (QED) is 0.801. The van der Waals surface area contributed by atoms with Crippen LogP contribution in [0.25, 0.3) is 0 Å². The molecule has 1 N–H and O–H groups in total. The molecule has 3 nitrogen and oxygen atoms in total. The molecule has 2 rings (SSSR count). The maximum Gasteiger partial charge on any atom is 0.0587 e. The fraction of sp³-hybridized carbons (Fsp3) is 1.00. The van der Waals surface area contributed by atoms with Gasteiger partial charge in [-0.25, -0.2) is 0 Å². The first kappa shape index (κ1) is 15.3. The van der Waals surface area contributed by atoms with Gasteiger partial charge in [0.05, 0.1) is 6.10 Å². The molecule has 0 saturated carbocycles. The third-order valence-electron chi connectivity index (χ3n) is 4.69. The first-order valence-corrected chi connectivity index (χ1v) is 8.42. The highest BCUT2D eigenvalue weighted by atomic mass is 16.5. The van der Waals surface area contributed by atoms with Crippen molar-refractivity contribution in [2.24, 2.45) is 0 Å². The van der Waals surface area contributed by atoms with Crippen molar-refractivity contribution in [3.05, 3.63) is 0 Å². The number of hydrogen-bond acceptors (Lipinski definition) is 3. The normalized spacial score (nSPS) is 32.7. The van der Waals surface area contributed by atoms with Crippen LogP contribution in [0.15, 0.2) is 0 Å². The van der Waals surface area contributed by atoms with Crippen molar-refractivity contribution in [1.29, 1.82) is 0 Å². The topological polar surface area (TPSA) is 24.5 Å². The number of nitrogens with zero attached hydrogens (tertiary/aromatic N) is 1. The van der Waals surface area contributed by atoms with Crippen LogP contribution in [0.3, 0.4) is 0 Å². The van der Waals surface area contributed by atoms with Crippen LogP contribution in [-0.4, -0.2) is 49.3 Å². The molecule has 0 aromatic rings. The number of rotatable bonds is 6. The van der Waals surface area contributed by atoms with Gasteiger partial charge in [-0.15, -0.1) is 0 Å². The molecule has 2 heterocycles. The Morgan fingerprint density at radius 2 is 2.11 bits per heavy atom. The molecular formula is C16H32N2O. The minimum absolute atomic E-state index is 0.498. The second-order valence-electron chi connectivity index (χ2n) is 6.22. The van der Waals surface area contributed by atoms with Crippen LogP contribution in [0.5, 0.6) is 0 Å². The van der Waals surface area contributed by atoms with Crippen LogP contribution in [-0.2, 0) is 4.74 Å². The van der Waals surface area contributed by atoms with Crippen LogP contribution in [0.4, 0.5) is 0 Å². The zero-order chi connectivity index (χ0) is 13.5. The Labute approximate surface area is 119 Å². The summed E-state index contributed by atoms with van der Waals surface area (Å²) in [6.07, 6.45) is 9.52. The zero-order valence-electron chi connectivity index (χ0n) is 12.9. The summed E-state index contributed by atoms with van der Waals surface area (Å²) in [6, 6.07) is 1.48. The predicted molar refractivity (Wildman–Crippen MR) is 80.6 cm³/mol. The molecule has 2 fully saturated rings. The van der Waals surface area contributed by atoms with E-state index in [0.29, 0.717) is 6.10 Å². The predicted octanol–water partition coefficient (Wildman–Crippen LogP) is 2.80. The van der Waals surface area contributed by atoms with Gasteiger partial charge in [-0.1, -0.05) is 20.3 Å². The molecular weight excluding hydrogens is 236 g/mol. The van der Waals surface area contributed by atoms with Crippen LogP contribution in [0, 0.1) is 0 Å². The molecule has 2 aliphatic rings. The molecule has 0 aliphatic carbocycles. The summed E-state index contributed by atoms with van der Waals surface area (Å²) in [5, 5.41) is 3.70. The second kappa shape index (κ2) is 8.23. The highest BCUT2D eigenvalue weighted by Crippen LogP contribution is 2.22. The van der Waals surface area contributed by atoms with E-state index in [1.165, 1.54) is 58.2 Å². The second-order valence-corrected chi connectivity index (χ2v) is 6.22. The maximum absolute atomic E-state index is 5.83. The summed E-state index contributed by atoms with van der Waals surface area (Å²) in [4.78, 5) is 2.74. The van der Waals surface area contributed by atoms with Crippen molar-refractivity contribution in [3.63, 3.8) is 0 Å². The summed E-state index contributed by atoms with van der Waals surface area (Å²) in [5.74, 6) is 0. The van der Waals surface area contributed by atoms with E-state index in [-0.39, 0.29) is 0 Å². The van der Waals surface area contributed by atoms with Crippen molar-refractivity contribution in [1.82, 2.24) is 10.2 Å². The minimum atomic E-state index is 0.498. The summed E-state index contributed by atoms with van der Waals surface area (Å²) in [5.41, 5.74) is 0. The Hall–Kier alpha value is -0.120. The largest absolute Gasteiger partial charge is 0.378 e. The lowest BCUT2D eigenvalue weighted by Crippen LogP contribution is -2.50. The Kier molecular flexibility index (Phi) is 6.62. The molecule has 2 aliphatic heterocycles. The van der Waals surface area contributed by atoms with Crippen molar-refractivity contribution < 1.29 is 4.74 Å². The van der Waals surface area contributed by atoms with Gasteiger partial charge in [0, 0.05) is 25.2 Å². The highest BCUT2D eigenvalue weighted by Gasteiger charge is 2.27. The fourth-order valence-electron chi connectivity index (χ4n) is 3.55. The lowest BCUT2D eigenvalue weighted by atomic mass is 9.97. The fourth-order valence-corrected chi connectivity index (χ4v) is 3.55. The molecule has 0 radical (unpaired) electrons. The molecule has 19 heavy (non-hydrogen) atoms. The van der Waals surface area contributed by atoms with Crippen molar-refractivity contribution in [3.8, 4) is 0 Å². The lowest BCUT2D eigenvalue weighted by molar-refractivity contribution is -0.0304. The van der Waals surface area contributed by atoms with Crippen molar-refractivity contribution in [2.45, 2.75) is 77.0 Å². The standard InChI is InChI=1S/C16H32N2O/c1-3-10-18(13-14-7-5-6-9-17-14)15-8-11-19-16(4-2)12-15/h14-17H,3-13H2,1-2H3. The van der Waals surface area contributed by atoms with E-state index >= 15 is 0 Å². The summed E-state index contributed by atoms with van der Waals surface area (Å²) in [6.45, 7) is 9.23. The Morgan fingerprint density at radius 3 is 2.79 bits per heavy atom. The van der Waals surface area contributed by atoms with E-state index in [4.69, 9.17) is 4.74 Å². The van der Waals surface area contributed by atoms with E-state index in [1.54, 1.807) is 0 Å². The van der Waals surface area contributed by atoms with Gasteiger partial charge in [-0.3, -0.25) is 4.90 Å². The Morgan fingerprint density at radius 1 is 1.21 bits per heavy atom. The molecule has 0 aromatic carbocycles. The zero-order valence-corrected chi connectivity index (χ0v) is 12.9. The molecule has 3 heteroatoms. The Balaban J connectivity index is 1.86. The molecule has 0 amide bonds. The maximum atomic E-state index is 5.83. The minimum Gasteiger partial charge on any atom is -0.378 e. The van der Waals surface area contributed by atoms with Crippen molar-refractivity contribution >= 4 is 0 Å². The SMILES string of the molecule is CCCN(CC1CCCCN1)C1CCOC(CC)C1. The van der Waals surface area contributed by atoms with Gasteiger partial charge in [-0.2, -0.15) is 0 Å². The van der Waals surface area contributed by atoms with E-state index in [1.807, 2.05) is 0 Å². The van der Waals surface area contributed by atoms with Gasteiger partial charge >= 0.3 is 0 Å². The molecule has 3 unspecified atom stereocenters. The molecule has 0 bridgehead atoms. The summed E-state index contributed by atoms with van der Waals surface area (Å²) < 4.78 is 5.83. The smallest absolute Gasteiger partial charge is 0.0587 e. The van der Waals surface area contributed by atoms with Gasteiger partial charge in [0.1, 0.15) is 0 Å².